The van der Waals surface area contributed by atoms with E-state index in [2.05, 4.69) is 15.5 Å². The second-order valence-electron chi connectivity index (χ2n) is 2.98. The number of rotatable bonds is 3. The summed E-state index contributed by atoms with van der Waals surface area (Å²) in [5.41, 5.74) is 1.29. The summed E-state index contributed by atoms with van der Waals surface area (Å²) in [6, 6.07) is 12.8. The zero-order chi connectivity index (χ0) is 10.5. The van der Waals surface area contributed by atoms with Gasteiger partial charge in [0.25, 0.3) is 0 Å². The number of nitroso groups, excluding NO2 is 1. The highest BCUT2D eigenvalue weighted by molar-refractivity contribution is 5.58. The van der Waals surface area contributed by atoms with Crippen molar-refractivity contribution in [1.29, 1.82) is 0 Å². The summed E-state index contributed by atoms with van der Waals surface area (Å²) in [4.78, 5) is 14.4. The molecule has 1 aromatic heterocycles. The van der Waals surface area contributed by atoms with Crippen molar-refractivity contribution in [3.63, 3.8) is 0 Å². The van der Waals surface area contributed by atoms with Crippen molar-refractivity contribution in [3.8, 4) is 0 Å². The maximum Gasteiger partial charge on any atom is 0.132 e. The molecule has 0 fully saturated rings. The first-order valence-electron chi connectivity index (χ1n) is 4.50. The Balaban J connectivity index is 2.21. The third-order valence-corrected chi connectivity index (χ3v) is 1.90. The van der Waals surface area contributed by atoms with Gasteiger partial charge in [0.2, 0.25) is 0 Å². The smallest absolute Gasteiger partial charge is 0.132 e. The Bertz CT molecular complexity index is 456. The van der Waals surface area contributed by atoms with Gasteiger partial charge < -0.3 is 5.32 Å². The van der Waals surface area contributed by atoms with E-state index in [9.17, 15) is 4.91 Å². The zero-order valence-electron chi connectivity index (χ0n) is 7.92. The molecule has 2 rings (SSSR count). The quantitative estimate of drug-likeness (QED) is 0.772. The minimum Gasteiger partial charge on any atom is -0.340 e. The van der Waals surface area contributed by atoms with Gasteiger partial charge in [-0.3, -0.25) is 0 Å². The van der Waals surface area contributed by atoms with Gasteiger partial charge in [0.1, 0.15) is 11.5 Å². The number of anilines is 2. The van der Waals surface area contributed by atoms with E-state index in [1.807, 2.05) is 30.3 Å². The Labute approximate surface area is 87.0 Å². The fourth-order valence-corrected chi connectivity index (χ4v) is 1.21. The molecular weight excluding hydrogens is 190 g/mol. The Kier molecular flexibility index (Phi) is 2.69. The topological polar surface area (TPSA) is 54.4 Å². The molecule has 0 unspecified atom stereocenters. The number of pyridine rings is 1. The van der Waals surface area contributed by atoms with Crippen LogP contribution in [-0.2, 0) is 0 Å². The summed E-state index contributed by atoms with van der Waals surface area (Å²) in [6.07, 6.45) is 1.54. The summed E-state index contributed by atoms with van der Waals surface area (Å²) >= 11 is 0. The molecule has 4 heteroatoms. The molecule has 0 amide bonds. The highest BCUT2D eigenvalue weighted by atomic mass is 16.3. The number of aromatic nitrogens is 1. The normalized spacial score (nSPS) is 9.60. The van der Waals surface area contributed by atoms with Gasteiger partial charge in [0.05, 0.1) is 0 Å². The first-order chi connectivity index (χ1) is 7.38. The van der Waals surface area contributed by atoms with Crippen LogP contribution in [0.2, 0.25) is 0 Å². The van der Waals surface area contributed by atoms with E-state index in [1.165, 1.54) is 0 Å². The highest BCUT2D eigenvalue weighted by Gasteiger charge is 1.97. The fourth-order valence-electron chi connectivity index (χ4n) is 1.21. The summed E-state index contributed by atoms with van der Waals surface area (Å²) < 4.78 is 0. The van der Waals surface area contributed by atoms with Gasteiger partial charge in [-0.2, -0.15) is 0 Å². The molecule has 0 aliphatic rings. The van der Waals surface area contributed by atoms with E-state index < -0.39 is 0 Å². The molecule has 0 aliphatic heterocycles. The van der Waals surface area contributed by atoms with E-state index in [0.29, 0.717) is 11.5 Å². The molecule has 4 nitrogen and oxygen atoms in total. The third-order valence-electron chi connectivity index (χ3n) is 1.90. The lowest BCUT2D eigenvalue weighted by atomic mass is 10.3. The molecule has 0 radical (unpaired) electrons. The standard InChI is InChI=1S/C11H9N3O/c15-14-10-6-7-12-11(8-10)13-9-4-2-1-3-5-9/h1-8H,(H,12,13). The van der Waals surface area contributed by atoms with Crippen LogP contribution in [0.4, 0.5) is 17.2 Å². The molecule has 0 bridgehead atoms. The lowest BCUT2D eigenvalue weighted by Crippen LogP contribution is -1.91. The molecule has 2 aromatic rings. The third kappa shape index (κ3) is 2.37. The molecular formula is C11H9N3O. The fraction of sp³-hybridized carbons (Fsp3) is 0. The number of para-hydroxylation sites is 1. The summed E-state index contributed by atoms with van der Waals surface area (Å²) in [6.45, 7) is 0. The van der Waals surface area contributed by atoms with Gasteiger partial charge >= 0.3 is 0 Å². The maximum atomic E-state index is 10.3. The van der Waals surface area contributed by atoms with Crippen LogP contribution in [0.3, 0.4) is 0 Å². The van der Waals surface area contributed by atoms with Gasteiger partial charge in [-0.15, -0.1) is 4.91 Å². The van der Waals surface area contributed by atoms with E-state index in [0.717, 1.165) is 5.69 Å². The minimum absolute atomic E-state index is 0.364. The lowest BCUT2D eigenvalue weighted by molar-refractivity contribution is 1.29. The van der Waals surface area contributed by atoms with Crippen molar-refractivity contribution in [2.24, 2.45) is 5.18 Å². The lowest BCUT2D eigenvalue weighted by Gasteiger charge is -2.04. The number of nitrogens with zero attached hydrogens (tertiary/aromatic N) is 2. The monoisotopic (exact) mass is 199 g/mol. The van der Waals surface area contributed by atoms with Crippen LogP contribution in [-0.4, -0.2) is 4.98 Å². The maximum absolute atomic E-state index is 10.3. The second-order valence-corrected chi connectivity index (χ2v) is 2.98. The van der Waals surface area contributed by atoms with Crippen LogP contribution < -0.4 is 5.32 Å². The van der Waals surface area contributed by atoms with E-state index in [4.69, 9.17) is 0 Å². The van der Waals surface area contributed by atoms with Gasteiger partial charge in [0.15, 0.2) is 0 Å². The SMILES string of the molecule is O=Nc1ccnc(Nc2ccccc2)c1. The second kappa shape index (κ2) is 4.32. The minimum atomic E-state index is 0.364. The van der Waals surface area contributed by atoms with Crippen molar-refractivity contribution in [2.75, 3.05) is 5.32 Å². The van der Waals surface area contributed by atoms with Gasteiger partial charge in [-0.25, -0.2) is 4.98 Å². The average molecular weight is 199 g/mol. The van der Waals surface area contributed by atoms with E-state index >= 15 is 0 Å². The van der Waals surface area contributed by atoms with Crippen molar-refractivity contribution in [1.82, 2.24) is 4.98 Å². The van der Waals surface area contributed by atoms with Crippen molar-refractivity contribution >= 4 is 17.2 Å². The average Bonchev–Trinajstić information content (AvgIpc) is 2.31. The molecule has 74 valence electrons. The summed E-state index contributed by atoms with van der Waals surface area (Å²) in [5.74, 6) is 0.610. The van der Waals surface area contributed by atoms with Gasteiger partial charge in [0, 0.05) is 18.0 Å². The Morgan fingerprint density at radius 1 is 1.13 bits per heavy atom. The van der Waals surface area contributed by atoms with Gasteiger partial charge in [-0.05, 0) is 23.4 Å². The molecule has 0 spiro atoms. The van der Waals surface area contributed by atoms with Crippen molar-refractivity contribution < 1.29 is 0 Å². The molecule has 1 N–H and O–H groups in total. The molecule has 0 atom stereocenters. The number of hydrogen-bond acceptors (Lipinski definition) is 4. The molecule has 1 heterocycles. The van der Waals surface area contributed by atoms with Crippen LogP contribution in [0.15, 0.2) is 53.8 Å². The zero-order valence-corrected chi connectivity index (χ0v) is 7.92. The molecule has 0 saturated heterocycles. The van der Waals surface area contributed by atoms with Crippen LogP contribution in [0.1, 0.15) is 0 Å². The Hall–Kier alpha value is -2.23. The highest BCUT2D eigenvalue weighted by Crippen LogP contribution is 2.18. The van der Waals surface area contributed by atoms with Crippen molar-refractivity contribution in [2.45, 2.75) is 0 Å². The van der Waals surface area contributed by atoms with Crippen LogP contribution in [0, 0.1) is 4.91 Å². The predicted molar refractivity (Wildman–Crippen MR) is 59.4 cm³/mol. The number of nitrogens with one attached hydrogen (secondary N) is 1. The molecule has 0 aliphatic carbocycles. The van der Waals surface area contributed by atoms with E-state index in [1.54, 1.807) is 18.3 Å². The molecule has 1 aromatic carbocycles. The van der Waals surface area contributed by atoms with Gasteiger partial charge in [-0.1, -0.05) is 18.2 Å². The summed E-state index contributed by atoms with van der Waals surface area (Å²) in [5, 5.41) is 5.91. The molecule has 0 saturated carbocycles. The first kappa shape index (κ1) is 9.33. The Morgan fingerprint density at radius 2 is 1.93 bits per heavy atom. The Morgan fingerprint density at radius 3 is 2.67 bits per heavy atom. The largest absolute Gasteiger partial charge is 0.340 e. The van der Waals surface area contributed by atoms with Crippen molar-refractivity contribution in [3.05, 3.63) is 53.6 Å². The molecule has 15 heavy (non-hydrogen) atoms. The number of benzene rings is 1. The first-order valence-corrected chi connectivity index (χ1v) is 4.50. The number of hydrogen-bond donors (Lipinski definition) is 1. The van der Waals surface area contributed by atoms with E-state index in [-0.39, 0.29) is 0 Å². The predicted octanol–water partition coefficient (Wildman–Crippen LogP) is 3.22. The van der Waals surface area contributed by atoms with Crippen LogP contribution in [0.5, 0.6) is 0 Å². The van der Waals surface area contributed by atoms with Crippen LogP contribution in [0.25, 0.3) is 0 Å². The summed E-state index contributed by atoms with van der Waals surface area (Å²) in [7, 11) is 0. The van der Waals surface area contributed by atoms with Crippen LogP contribution >= 0.6 is 0 Å².